The van der Waals surface area contributed by atoms with E-state index in [4.69, 9.17) is 10.5 Å². The minimum atomic E-state index is 0.455. The molecule has 0 atom stereocenters. The first-order chi connectivity index (χ1) is 9.19. The molecule has 1 heterocycles. The quantitative estimate of drug-likeness (QED) is 0.853. The highest BCUT2D eigenvalue weighted by Gasteiger charge is 2.03. The summed E-state index contributed by atoms with van der Waals surface area (Å²) in [5.74, 6) is 0.830. The number of halogens is 2. The lowest BCUT2D eigenvalue weighted by Crippen LogP contribution is -2.04. The molecule has 0 radical (unpaired) electrons. The molecule has 5 heteroatoms. The van der Waals surface area contributed by atoms with Crippen molar-refractivity contribution in [3.05, 3.63) is 56.7 Å². The Kier molecular flexibility index (Phi) is 5.36. The molecule has 19 heavy (non-hydrogen) atoms. The van der Waals surface area contributed by atoms with E-state index in [1.165, 1.54) is 0 Å². The van der Waals surface area contributed by atoms with Gasteiger partial charge in [0.1, 0.15) is 12.4 Å². The second-order valence-corrected chi connectivity index (χ2v) is 5.82. The molecular weight excluding hydrogens is 372 g/mol. The van der Waals surface area contributed by atoms with Gasteiger partial charge in [-0.05, 0) is 64.8 Å². The monoisotopic (exact) mass is 384 g/mol. The second kappa shape index (κ2) is 7.03. The number of ether oxygens (including phenoxy) is 1. The van der Waals surface area contributed by atoms with Crippen LogP contribution in [-0.2, 0) is 13.0 Å². The standard InChI is InChI=1S/C14H14Br2N2O/c15-11-1-2-12(18-8-11)9-19-13-3-4-14(16)10(7-13)5-6-17/h1-4,7-8H,5-6,9,17H2. The summed E-state index contributed by atoms with van der Waals surface area (Å²) in [6.07, 6.45) is 2.59. The number of rotatable bonds is 5. The van der Waals surface area contributed by atoms with E-state index in [9.17, 15) is 0 Å². The first-order valence-corrected chi connectivity index (χ1v) is 7.49. The van der Waals surface area contributed by atoms with Crippen molar-refractivity contribution in [1.82, 2.24) is 4.98 Å². The van der Waals surface area contributed by atoms with Crippen LogP contribution in [0.2, 0.25) is 0 Å². The zero-order chi connectivity index (χ0) is 13.7. The van der Waals surface area contributed by atoms with Crippen molar-refractivity contribution < 1.29 is 4.74 Å². The van der Waals surface area contributed by atoms with E-state index in [-0.39, 0.29) is 0 Å². The van der Waals surface area contributed by atoms with Crippen LogP contribution < -0.4 is 10.5 Å². The lowest BCUT2D eigenvalue weighted by molar-refractivity contribution is 0.301. The third kappa shape index (κ3) is 4.30. The van der Waals surface area contributed by atoms with E-state index in [1.807, 2.05) is 30.3 Å². The van der Waals surface area contributed by atoms with Crippen LogP contribution in [0.25, 0.3) is 0 Å². The van der Waals surface area contributed by atoms with Crippen molar-refractivity contribution in [2.75, 3.05) is 6.54 Å². The highest BCUT2D eigenvalue weighted by Crippen LogP contribution is 2.23. The molecule has 3 nitrogen and oxygen atoms in total. The maximum atomic E-state index is 5.73. The average molecular weight is 386 g/mol. The number of nitrogens with two attached hydrogens (primary N) is 1. The molecule has 2 N–H and O–H groups in total. The summed E-state index contributed by atoms with van der Waals surface area (Å²) in [4.78, 5) is 4.27. The first kappa shape index (κ1) is 14.5. The number of benzene rings is 1. The van der Waals surface area contributed by atoms with E-state index in [0.717, 1.165) is 32.4 Å². The van der Waals surface area contributed by atoms with Gasteiger partial charge in [0, 0.05) is 15.1 Å². The molecule has 1 aromatic carbocycles. The van der Waals surface area contributed by atoms with Gasteiger partial charge in [-0.15, -0.1) is 0 Å². The second-order valence-electron chi connectivity index (χ2n) is 4.05. The fraction of sp³-hybridized carbons (Fsp3) is 0.214. The van der Waals surface area contributed by atoms with Crippen LogP contribution >= 0.6 is 31.9 Å². The molecule has 0 aliphatic rings. The third-order valence-corrected chi connectivity index (χ3v) is 3.85. The number of nitrogens with zero attached hydrogens (tertiary/aromatic N) is 1. The molecule has 0 aliphatic heterocycles. The normalized spacial score (nSPS) is 10.5. The van der Waals surface area contributed by atoms with E-state index in [0.29, 0.717) is 13.2 Å². The van der Waals surface area contributed by atoms with Crippen LogP contribution in [0, 0.1) is 0 Å². The predicted molar refractivity (Wildman–Crippen MR) is 83.2 cm³/mol. The number of hydrogen-bond acceptors (Lipinski definition) is 3. The molecule has 0 saturated carbocycles. The summed E-state index contributed by atoms with van der Waals surface area (Å²) in [7, 11) is 0. The lowest BCUT2D eigenvalue weighted by atomic mass is 10.1. The van der Waals surface area contributed by atoms with Crippen molar-refractivity contribution in [1.29, 1.82) is 0 Å². The van der Waals surface area contributed by atoms with Crippen LogP contribution in [0.4, 0.5) is 0 Å². The maximum Gasteiger partial charge on any atom is 0.130 e. The molecule has 0 spiro atoms. The maximum absolute atomic E-state index is 5.73. The highest BCUT2D eigenvalue weighted by atomic mass is 79.9. The van der Waals surface area contributed by atoms with E-state index < -0.39 is 0 Å². The van der Waals surface area contributed by atoms with Crippen molar-refractivity contribution >= 4 is 31.9 Å². The van der Waals surface area contributed by atoms with E-state index in [2.05, 4.69) is 36.8 Å². The Morgan fingerprint density at radius 1 is 1.16 bits per heavy atom. The first-order valence-electron chi connectivity index (χ1n) is 5.91. The SMILES string of the molecule is NCCc1cc(OCc2ccc(Br)cn2)ccc1Br. The summed E-state index contributed by atoms with van der Waals surface area (Å²) < 4.78 is 7.76. The van der Waals surface area contributed by atoms with Crippen LogP contribution in [0.3, 0.4) is 0 Å². The number of pyridine rings is 1. The van der Waals surface area contributed by atoms with Gasteiger partial charge in [-0.1, -0.05) is 15.9 Å². The Morgan fingerprint density at radius 2 is 2.00 bits per heavy atom. The predicted octanol–water partition coefficient (Wildman–Crippen LogP) is 3.69. The van der Waals surface area contributed by atoms with E-state index in [1.54, 1.807) is 6.20 Å². The van der Waals surface area contributed by atoms with Crippen LogP contribution in [0.1, 0.15) is 11.3 Å². The summed E-state index contributed by atoms with van der Waals surface area (Å²) in [5.41, 5.74) is 7.63. The Morgan fingerprint density at radius 3 is 2.68 bits per heavy atom. The van der Waals surface area contributed by atoms with Gasteiger partial charge < -0.3 is 10.5 Å². The Hall–Kier alpha value is -0.910. The zero-order valence-electron chi connectivity index (χ0n) is 10.3. The molecule has 0 aliphatic carbocycles. The van der Waals surface area contributed by atoms with Gasteiger partial charge in [0.2, 0.25) is 0 Å². The molecule has 0 unspecified atom stereocenters. The number of hydrogen-bond donors (Lipinski definition) is 1. The van der Waals surface area contributed by atoms with Gasteiger partial charge in [0.25, 0.3) is 0 Å². The van der Waals surface area contributed by atoms with Crippen molar-refractivity contribution in [3.63, 3.8) is 0 Å². The highest BCUT2D eigenvalue weighted by molar-refractivity contribution is 9.10. The third-order valence-electron chi connectivity index (χ3n) is 2.61. The molecule has 100 valence electrons. The Labute approximate surface area is 129 Å². The Bertz CT molecular complexity index is 544. The minimum absolute atomic E-state index is 0.455. The molecule has 1 aromatic heterocycles. The minimum Gasteiger partial charge on any atom is -0.487 e. The van der Waals surface area contributed by atoms with Gasteiger partial charge in [0.05, 0.1) is 5.69 Å². The Balaban J connectivity index is 2.03. The molecule has 0 fully saturated rings. The lowest BCUT2D eigenvalue weighted by Gasteiger charge is -2.09. The fourth-order valence-corrected chi connectivity index (χ4v) is 2.32. The van der Waals surface area contributed by atoms with Gasteiger partial charge >= 0.3 is 0 Å². The molecule has 0 amide bonds. The molecule has 2 aromatic rings. The zero-order valence-corrected chi connectivity index (χ0v) is 13.4. The topological polar surface area (TPSA) is 48.1 Å². The van der Waals surface area contributed by atoms with Crippen LogP contribution in [0.5, 0.6) is 5.75 Å². The van der Waals surface area contributed by atoms with Crippen LogP contribution in [-0.4, -0.2) is 11.5 Å². The molecule has 0 bridgehead atoms. The van der Waals surface area contributed by atoms with Crippen molar-refractivity contribution in [3.8, 4) is 5.75 Å². The summed E-state index contributed by atoms with van der Waals surface area (Å²) in [6, 6.07) is 9.81. The molecular formula is C14H14Br2N2O. The summed E-state index contributed by atoms with van der Waals surface area (Å²) >= 11 is 6.86. The van der Waals surface area contributed by atoms with Crippen LogP contribution in [0.15, 0.2) is 45.5 Å². The van der Waals surface area contributed by atoms with Crippen molar-refractivity contribution in [2.24, 2.45) is 5.73 Å². The molecule has 0 saturated heterocycles. The fourth-order valence-electron chi connectivity index (χ4n) is 1.64. The largest absolute Gasteiger partial charge is 0.487 e. The molecule has 2 rings (SSSR count). The van der Waals surface area contributed by atoms with Gasteiger partial charge in [-0.3, -0.25) is 4.98 Å². The number of aromatic nitrogens is 1. The smallest absolute Gasteiger partial charge is 0.130 e. The van der Waals surface area contributed by atoms with E-state index >= 15 is 0 Å². The van der Waals surface area contributed by atoms with Gasteiger partial charge in [-0.2, -0.15) is 0 Å². The summed E-state index contributed by atoms with van der Waals surface area (Å²) in [6.45, 7) is 1.08. The van der Waals surface area contributed by atoms with Crippen molar-refractivity contribution in [2.45, 2.75) is 13.0 Å². The van der Waals surface area contributed by atoms with Gasteiger partial charge in [0.15, 0.2) is 0 Å². The summed E-state index contributed by atoms with van der Waals surface area (Å²) in [5, 5.41) is 0. The average Bonchev–Trinajstić information content (AvgIpc) is 2.42. The van der Waals surface area contributed by atoms with Gasteiger partial charge in [-0.25, -0.2) is 0 Å².